The van der Waals surface area contributed by atoms with Gasteiger partial charge in [0.15, 0.2) is 0 Å². The van der Waals surface area contributed by atoms with Gasteiger partial charge in [-0.15, -0.1) is 11.3 Å². The van der Waals surface area contributed by atoms with Crippen molar-refractivity contribution in [3.63, 3.8) is 0 Å². The number of carbonyl (C=O) groups is 1. The minimum Gasteiger partial charge on any atom is -0.349 e. The molecule has 0 saturated heterocycles. The summed E-state index contributed by atoms with van der Waals surface area (Å²) in [6.07, 6.45) is 0. The van der Waals surface area contributed by atoms with Crippen LogP contribution in [0.5, 0.6) is 0 Å². The molecule has 1 amide bonds. The van der Waals surface area contributed by atoms with Crippen LogP contribution >= 0.6 is 23.1 Å². The van der Waals surface area contributed by atoms with Crippen molar-refractivity contribution in [2.45, 2.75) is 50.9 Å². The summed E-state index contributed by atoms with van der Waals surface area (Å²) in [4.78, 5) is 24.0. The number of benzene rings is 1. The Kier molecular flexibility index (Phi) is 5.81. The molecule has 0 spiro atoms. The molecule has 2 heterocycles. The van der Waals surface area contributed by atoms with E-state index in [9.17, 15) is 9.18 Å². The Morgan fingerprint density at radius 1 is 1.15 bits per heavy atom. The highest BCUT2D eigenvalue weighted by Gasteiger charge is 2.21. The maximum absolute atomic E-state index is 13.1. The van der Waals surface area contributed by atoms with Crippen molar-refractivity contribution in [2.75, 3.05) is 0 Å². The van der Waals surface area contributed by atoms with E-state index in [4.69, 9.17) is 0 Å². The fourth-order valence-corrected chi connectivity index (χ4v) is 4.99. The summed E-state index contributed by atoms with van der Waals surface area (Å²) < 4.78 is 13.1. The second-order valence-corrected chi connectivity index (χ2v) is 9.11. The third-order valence-corrected chi connectivity index (χ3v) is 6.68. The number of nitrogens with zero attached hydrogens (tertiary/aromatic N) is 2. The zero-order valence-corrected chi connectivity index (χ0v) is 17.6. The molecule has 0 saturated carbocycles. The normalized spacial score (nSPS) is 13.6. The Balaban J connectivity index is 1.77. The average molecular weight is 404 g/mol. The van der Waals surface area contributed by atoms with Crippen LogP contribution in [0, 0.1) is 26.6 Å². The summed E-state index contributed by atoms with van der Waals surface area (Å²) in [6, 6.07) is 5.98. The Morgan fingerprint density at radius 2 is 1.81 bits per heavy atom. The van der Waals surface area contributed by atoms with Crippen molar-refractivity contribution < 1.29 is 9.18 Å². The first-order valence-corrected chi connectivity index (χ1v) is 10.4. The first kappa shape index (κ1) is 19.8. The molecule has 1 aromatic carbocycles. The second kappa shape index (κ2) is 7.94. The molecule has 1 N–H and O–H groups in total. The number of carbonyl (C=O) groups excluding carboxylic acids is 1. The van der Waals surface area contributed by atoms with Crippen LogP contribution in [0.1, 0.15) is 41.7 Å². The zero-order valence-electron chi connectivity index (χ0n) is 16.0. The van der Waals surface area contributed by atoms with Crippen LogP contribution in [0.15, 0.2) is 29.3 Å². The molecular weight excluding hydrogens is 381 g/mol. The summed E-state index contributed by atoms with van der Waals surface area (Å²) in [5.41, 5.74) is 2.04. The van der Waals surface area contributed by atoms with Crippen LogP contribution in [-0.4, -0.2) is 21.1 Å². The van der Waals surface area contributed by atoms with E-state index < -0.39 is 0 Å². The maximum Gasteiger partial charge on any atom is 0.233 e. The van der Waals surface area contributed by atoms with E-state index in [1.165, 1.54) is 34.3 Å². The van der Waals surface area contributed by atoms with E-state index in [0.29, 0.717) is 5.82 Å². The third-order valence-electron chi connectivity index (χ3n) is 4.49. The number of hydrogen-bond acceptors (Lipinski definition) is 5. The van der Waals surface area contributed by atoms with Gasteiger partial charge in [0.05, 0.1) is 11.3 Å². The van der Waals surface area contributed by atoms with Crippen LogP contribution in [0.25, 0.3) is 10.2 Å². The lowest BCUT2D eigenvalue weighted by Gasteiger charge is -2.18. The van der Waals surface area contributed by atoms with Gasteiger partial charge in [-0.2, -0.15) is 0 Å². The van der Waals surface area contributed by atoms with Gasteiger partial charge in [0.25, 0.3) is 0 Å². The highest BCUT2D eigenvalue weighted by molar-refractivity contribution is 8.00. The van der Waals surface area contributed by atoms with E-state index in [1.807, 2.05) is 20.8 Å². The van der Waals surface area contributed by atoms with E-state index in [-0.39, 0.29) is 23.0 Å². The molecule has 2 atom stereocenters. The number of hydrogen-bond donors (Lipinski definition) is 1. The van der Waals surface area contributed by atoms with Crippen LogP contribution in [-0.2, 0) is 4.79 Å². The molecule has 0 fully saturated rings. The molecule has 7 heteroatoms. The quantitative estimate of drug-likeness (QED) is 0.475. The van der Waals surface area contributed by atoms with Gasteiger partial charge in [-0.1, -0.05) is 23.9 Å². The third kappa shape index (κ3) is 4.30. The van der Waals surface area contributed by atoms with Crippen LogP contribution in [0.4, 0.5) is 4.39 Å². The lowest BCUT2D eigenvalue weighted by molar-refractivity contribution is -0.120. The summed E-state index contributed by atoms with van der Waals surface area (Å²) >= 11 is 3.10. The van der Waals surface area contributed by atoms with E-state index in [0.717, 1.165) is 20.8 Å². The number of aromatic nitrogens is 2. The minimum absolute atomic E-state index is 0.0779. The molecule has 2 aromatic heterocycles. The highest BCUT2D eigenvalue weighted by Crippen LogP contribution is 2.36. The van der Waals surface area contributed by atoms with Gasteiger partial charge in [-0.3, -0.25) is 4.79 Å². The fraction of sp³-hybridized carbons (Fsp3) is 0.350. The first-order valence-electron chi connectivity index (χ1n) is 8.73. The van der Waals surface area contributed by atoms with E-state index >= 15 is 0 Å². The number of thiophene rings is 1. The monoisotopic (exact) mass is 403 g/mol. The molecular formula is C20H22FN3OS2. The maximum atomic E-state index is 13.1. The summed E-state index contributed by atoms with van der Waals surface area (Å²) in [5, 5.41) is 4.57. The molecule has 0 aliphatic carbocycles. The van der Waals surface area contributed by atoms with Crippen molar-refractivity contribution in [2.24, 2.45) is 0 Å². The molecule has 0 bridgehead atoms. The van der Waals surface area contributed by atoms with Gasteiger partial charge < -0.3 is 5.32 Å². The van der Waals surface area contributed by atoms with Crippen LogP contribution < -0.4 is 5.32 Å². The molecule has 142 valence electrons. The molecule has 0 radical (unpaired) electrons. The number of amides is 1. The Morgan fingerprint density at radius 3 is 2.48 bits per heavy atom. The predicted molar refractivity (Wildman–Crippen MR) is 110 cm³/mol. The molecule has 27 heavy (non-hydrogen) atoms. The zero-order chi connectivity index (χ0) is 19.7. The second-order valence-electron chi connectivity index (χ2n) is 6.58. The molecule has 3 rings (SSSR count). The summed E-state index contributed by atoms with van der Waals surface area (Å²) in [6.45, 7) is 9.77. The van der Waals surface area contributed by atoms with E-state index in [1.54, 1.807) is 23.5 Å². The van der Waals surface area contributed by atoms with Crippen molar-refractivity contribution in [3.8, 4) is 0 Å². The number of rotatable bonds is 5. The Hall–Kier alpha value is -1.99. The number of fused-ring (bicyclic) bond motifs is 1. The number of nitrogens with one attached hydrogen (secondary N) is 1. The summed E-state index contributed by atoms with van der Waals surface area (Å²) in [7, 11) is 0. The number of halogens is 1. The Labute approximate surface area is 166 Å². The lowest BCUT2D eigenvalue weighted by Crippen LogP contribution is -2.33. The number of aryl methyl sites for hydroxylation is 3. The summed E-state index contributed by atoms with van der Waals surface area (Å²) in [5.74, 6) is 0.343. The number of thioether (sulfide) groups is 1. The average Bonchev–Trinajstić information content (AvgIpc) is 2.89. The standard InChI is InChI=1S/C20H22FN3OS2/c1-10-12(3)26-19-17(10)20(24-14(5)23-19)27-13(4)18(25)22-11(2)15-6-8-16(21)9-7-15/h6-9,11,13H,1-5H3,(H,22,25). The molecule has 4 nitrogen and oxygen atoms in total. The molecule has 0 aliphatic heterocycles. The van der Waals surface area contributed by atoms with Crippen LogP contribution in [0.3, 0.4) is 0 Å². The van der Waals surface area contributed by atoms with Gasteiger partial charge in [-0.25, -0.2) is 14.4 Å². The molecule has 2 unspecified atom stereocenters. The molecule has 3 aromatic rings. The van der Waals surface area contributed by atoms with Gasteiger partial charge in [-0.05, 0) is 57.9 Å². The minimum atomic E-state index is -0.315. The lowest BCUT2D eigenvalue weighted by atomic mass is 10.1. The van der Waals surface area contributed by atoms with Crippen molar-refractivity contribution in [3.05, 3.63) is 51.9 Å². The smallest absolute Gasteiger partial charge is 0.233 e. The SMILES string of the molecule is Cc1nc(SC(C)C(=O)NC(C)c2ccc(F)cc2)c2c(C)c(C)sc2n1. The van der Waals surface area contributed by atoms with Crippen molar-refractivity contribution >= 4 is 39.2 Å². The van der Waals surface area contributed by atoms with Crippen molar-refractivity contribution in [1.82, 2.24) is 15.3 Å². The first-order chi connectivity index (χ1) is 12.8. The van der Waals surface area contributed by atoms with Gasteiger partial charge in [0.1, 0.15) is 21.5 Å². The Bertz CT molecular complexity index is 985. The van der Waals surface area contributed by atoms with E-state index in [2.05, 4.69) is 29.1 Å². The molecule has 0 aliphatic rings. The van der Waals surface area contributed by atoms with Gasteiger partial charge in [0, 0.05) is 10.3 Å². The van der Waals surface area contributed by atoms with Crippen molar-refractivity contribution in [1.29, 1.82) is 0 Å². The van der Waals surface area contributed by atoms with Crippen LogP contribution in [0.2, 0.25) is 0 Å². The largest absolute Gasteiger partial charge is 0.349 e. The van der Waals surface area contributed by atoms with Gasteiger partial charge >= 0.3 is 0 Å². The highest BCUT2D eigenvalue weighted by atomic mass is 32.2. The topological polar surface area (TPSA) is 54.9 Å². The predicted octanol–water partition coefficient (Wildman–Crippen LogP) is 5.11. The van der Waals surface area contributed by atoms with Gasteiger partial charge in [0.2, 0.25) is 5.91 Å². The fourth-order valence-electron chi connectivity index (χ4n) is 2.79.